The van der Waals surface area contributed by atoms with Crippen molar-refractivity contribution in [1.29, 1.82) is 0 Å². The Labute approximate surface area is 107 Å². The Morgan fingerprint density at radius 2 is 1.94 bits per heavy atom. The van der Waals surface area contributed by atoms with E-state index in [2.05, 4.69) is 0 Å². The van der Waals surface area contributed by atoms with E-state index in [1.54, 1.807) is 0 Å². The monoisotopic (exact) mass is 254 g/mol. The fourth-order valence-electron chi connectivity index (χ4n) is 2.44. The molecule has 0 aromatic heterocycles. The van der Waals surface area contributed by atoms with Gasteiger partial charge >= 0.3 is 0 Å². The van der Waals surface area contributed by atoms with Crippen LogP contribution in [-0.4, -0.2) is 16.8 Å². The number of fused-ring (bicyclic) bond motifs is 1. The van der Waals surface area contributed by atoms with Gasteiger partial charge in [0.2, 0.25) is 0 Å². The largest absolute Gasteiger partial charge is 0.506 e. The molecule has 0 saturated carbocycles. The van der Waals surface area contributed by atoms with Crippen molar-refractivity contribution >= 4 is 11.6 Å². The lowest BCUT2D eigenvalue weighted by Gasteiger charge is -2.27. The number of hydrogen-bond acceptors (Lipinski definition) is 2. The van der Waals surface area contributed by atoms with Crippen LogP contribution in [0.15, 0.2) is 6.07 Å². The highest BCUT2D eigenvalue weighted by Crippen LogP contribution is 2.41. The van der Waals surface area contributed by atoms with Gasteiger partial charge in [0.15, 0.2) is 0 Å². The van der Waals surface area contributed by atoms with Crippen molar-refractivity contribution in [3.8, 4) is 5.75 Å². The van der Waals surface area contributed by atoms with Gasteiger partial charge in [0.1, 0.15) is 5.75 Å². The molecule has 0 radical (unpaired) electrons. The molecule has 0 bridgehead atoms. The predicted octanol–water partition coefficient (Wildman–Crippen LogP) is 3.19. The number of phenolic OH excluding ortho intramolecular Hbond substituents is 1. The third-order valence-electron chi connectivity index (χ3n) is 3.68. The molecule has 0 amide bonds. The Kier molecular flexibility index (Phi) is 3.37. The molecule has 0 fully saturated rings. The molecule has 0 saturated heterocycles. The summed E-state index contributed by atoms with van der Waals surface area (Å²) >= 11 is 6.25. The summed E-state index contributed by atoms with van der Waals surface area (Å²) in [5.41, 5.74) is 2.62. The summed E-state index contributed by atoms with van der Waals surface area (Å²) in [5, 5.41) is 20.1. The molecule has 0 spiro atoms. The molecule has 0 heterocycles. The second-order valence-corrected chi connectivity index (χ2v) is 5.85. The van der Waals surface area contributed by atoms with Crippen molar-refractivity contribution in [2.45, 2.75) is 44.9 Å². The molecule has 0 aliphatic heterocycles. The summed E-state index contributed by atoms with van der Waals surface area (Å²) < 4.78 is 0. The van der Waals surface area contributed by atoms with E-state index in [-0.39, 0.29) is 12.4 Å². The topological polar surface area (TPSA) is 40.5 Å². The highest BCUT2D eigenvalue weighted by molar-refractivity contribution is 6.33. The van der Waals surface area contributed by atoms with Gasteiger partial charge in [-0.15, -0.1) is 0 Å². The molecular formula is C14H19ClO2. The van der Waals surface area contributed by atoms with E-state index < -0.39 is 5.41 Å². The van der Waals surface area contributed by atoms with Gasteiger partial charge in [-0.1, -0.05) is 31.5 Å². The molecule has 1 aromatic rings. The van der Waals surface area contributed by atoms with Crippen LogP contribution in [0.5, 0.6) is 5.75 Å². The van der Waals surface area contributed by atoms with Gasteiger partial charge in [0.25, 0.3) is 0 Å². The highest BCUT2D eigenvalue weighted by Gasteiger charge is 2.27. The zero-order valence-electron chi connectivity index (χ0n) is 10.4. The van der Waals surface area contributed by atoms with Gasteiger partial charge in [-0.2, -0.15) is 0 Å². The number of halogens is 1. The van der Waals surface area contributed by atoms with Crippen LogP contribution in [0.3, 0.4) is 0 Å². The SMILES string of the molecule is CC(C)(CO)c1cc2c(c(Cl)c1O)CCCC2. The molecule has 1 aliphatic rings. The number of phenols is 1. The van der Waals surface area contributed by atoms with Crippen LogP contribution in [0.1, 0.15) is 43.4 Å². The minimum atomic E-state index is -0.458. The standard InChI is InChI=1S/C14H19ClO2/c1-14(2,8-16)11-7-9-5-3-4-6-10(9)12(15)13(11)17/h7,16-17H,3-6,8H2,1-2H3. The fourth-order valence-corrected chi connectivity index (χ4v) is 2.76. The normalized spacial score (nSPS) is 15.8. The molecule has 2 N–H and O–H groups in total. The van der Waals surface area contributed by atoms with E-state index >= 15 is 0 Å². The van der Waals surface area contributed by atoms with Crippen LogP contribution in [0.2, 0.25) is 5.02 Å². The first-order valence-electron chi connectivity index (χ1n) is 6.12. The first-order chi connectivity index (χ1) is 7.97. The van der Waals surface area contributed by atoms with E-state index in [9.17, 15) is 10.2 Å². The van der Waals surface area contributed by atoms with Crippen LogP contribution in [0.4, 0.5) is 0 Å². The van der Waals surface area contributed by atoms with Crippen LogP contribution in [-0.2, 0) is 18.3 Å². The average Bonchev–Trinajstić information content (AvgIpc) is 2.33. The minimum absolute atomic E-state index is 0.00429. The number of rotatable bonds is 2. The molecule has 2 nitrogen and oxygen atoms in total. The van der Waals surface area contributed by atoms with Gasteiger partial charge in [-0.05, 0) is 36.8 Å². The Balaban J connectivity index is 2.59. The van der Waals surface area contributed by atoms with Crippen molar-refractivity contribution in [2.75, 3.05) is 6.61 Å². The van der Waals surface area contributed by atoms with Gasteiger partial charge in [-0.25, -0.2) is 0 Å². The molecule has 0 unspecified atom stereocenters. The van der Waals surface area contributed by atoms with E-state index in [1.807, 2.05) is 19.9 Å². The summed E-state index contributed by atoms with van der Waals surface area (Å²) in [5.74, 6) is 0.145. The molecule has 1 aliphatic carbocycles. The molecule has 94 valence electrons. The van der Waals surface area contributed by atoms with Crippen LogP contribution in [0.25, 0.3) is 0 Å². The van der Waals surface area contributed by atoms with Gasteiger partial charge < -0.3 is 10.2 Å². The smallest absolute Gasteiger partial charge is 0.138 e. The Bertz CT molecular complexity index is 438. The van der Waals surface area contributed by atoms with Crippen LogP contribution >= 0.6 is 11.6 Å². The zero-order chi connectivity index (χ0) is 12.6. The van der Waals surface area contributed by atoms with E-state index in [0.717, 1.165) is 30.4 Å². The number of hydrogen-bond donors (Lipinski definition) is 2. The first kappa shape index (κ1) is 12.7. The van der Waals surface area contributed by atoms with Crippen LogP contribution < -0.4 is 0 Å². The third kappa shape index (κ3) is 2.16. The number of aryl methyl sites for hydroxylation is 1. The highest BCUT2D eigenvalue weighted by atomic mass is 35.5. The zero-order valence-corrected chi connectivity index (χ0v) is 11.1. The summed E-state index contributed by atoms with van der Waals surface area (Å²) in [6.07, 6.45) is 4.27. The lowest BCUT2D eigenvalue weighted by Crippen LogP contribution is -2.23. The minimum Gasteiger partial charge on any atom is -0.506 e. The van der Waals surface area contributed by atoms with Crippen molar-refractivity contribution in [3.05, 3.63) is 27.8 Å². The molecular weight excluding hydrogens is 236 g/mol. The predicted molar refractivity (Wildman–Crippen MR) is 69.9 cm³/mol. The van der Waals surface area contributed by atoms with E-state index in [4.69, 9.17) is 11.6 Å². The number of aliphatic hydroxyl groups is 1. The van der Waals surface area contributed by atoms with Crippen molar-refractivity contribution in [3.63, 3.8) is 0 Å². The molecule has 2 rings (SSSR count). The lowest BCUT2D eigenvalue weighted by atomic mass is 9.80. The van der Waals surface area contributed by atoms with Crippen molar-refractivity contribution < 1.29 is 10.2 Å². The fraction of sp³-hybridized carbons (Fsp3) is 0.571. The maximum absolute atomic E-state index is 10.2. The summed E-state index contributed by atoms with van der Waals surface area (Å²) in [6, 6.07) is 2.02. The second-order valence-electron chi connectivity index (χ2n) is 5.47. The maximum Gasteiger partial charge on any atom is 0.138 e. The van der Waals surface area contributed by atoms with Gasteiger partial charge in [0.05, 0.1) is 11.6 Å². The Hall–Kier alpha value is -0.730. The quantitative estimate of drug-likeness (QED) is 0.851. The first-order valence-corrected chi connectivity index (χ1v) is 6.49. The third-order valence-corrected chi connectivity index (χ3v) is 4.09. The summed E-state index contributed by atoms with van der Waals surface area (Å²) in [6.45, 7) is 3.82. The average molecular weight is 255 g/mol. The molecule has 0 atom stereocenters. The van der Waals surface area contributed by atoms with Gasteiger partial charge in [-0.3, -0.25) is 0 Å². The molecule has 17 heavy (non-hydrogen) atoms. The summed E-state index contributed by atoms with van der Waals surface area (Å²) in [7, 11) is 0. The number of aliphatic hydroxyl groups excluding tert-OH is 1. The maximum atomic E-state index is 10.2. The number of aromatic hydroxyl groups is 1. The molecule has 1 aromatic carbocycles. The number of benzene rings is 1. The molecule has 3 heteroatoms. The van der Waals surface area contributed by atoms with E-state index in [0.29, 0.717) is 5.02 Å². The second kappa shape index (κ2) is 4.51. The van der Waals surface area contributed by atoms with Crippen LogP contribution in [0, 0.1) is 0 Å². The summed E-state index contributed by atoms with van der Waals surface area (Å²) in [4.78, 5) is 0. The van der Waals surface area contributed by atoms with Gasteiger partial charge in [0, 0.05) is 11.0 Å². The van der Waals surface area contributed by atoms with E-state index in [1.165, 1.54) is 12.0 Å². The lowest BCUT2D eigenvalue weighted by molar-refractivity contribution is 0.215. The Morgan fingerprint density at radius 1 is 1.29 bits per heavy atom. The van der Waals surface area contributed by atoms with Crippen molar-refractivity contribution in [2.24, 2.45) is 0 Å². The van der Waals surface area contributed by atoms with Crippen molar-refractivity contribution in [1.82, 2.24) is 0 Å². The Morgan fingerprint density at radius 3 is 2.59 bits per heavy atom.